The van der Waals surface area contributed by atoms with Crippen molar-refractivity contribution >= 4 is 5.91 Å². The lowest BCUT2D eigenvalue weighted by molar-refractivity contribution is -0.274. The number of nitrogens with one attached hydrogen (secondary N) is 1. The van der Waals surface area contributed by atoms with E-state index in [0.717, 1.165) is 18.3 Å². The summed E-state index contributed by atoms with van der Waals surface area (Å²) in [6.45, 7) is -1.79. The molecule has 0 aliphatic carbocycles. The first-order chi connectivity index (χ1) is 12.5. The van der Waals surface area contributed by atoms with Crippen LogP contribution in [0.25, 0.3) is 0 Å². The van der Waals surface area contributed by atoms with Crippen molar-refractivity contribution in [1.82, 2.24) is 10.3 Å². The molecule has 2 aromatic rings. The van der Waals surface area contributed by atoms with E-state index in [9.17, 15) is 31.1 Å². The predicted molar refractivity (Wildman–Crippen MR) is 80.1 cm³/mol. The number of para-hydroxylation sites is 1. The van der Waals surface area contributed by atoms with Crippen molar-refractivity contribution in [1.29, 1.82) is 0 Å². The molecule has 146 valence electrons. The summed E-state index contributed by atoms with van der Waals surface area (Å²) in [5, 5.41) is 2.37. The molecule has 0 atom stereocenters. The zero-order chi connectivity index (χ0) is 20.1. The number of rotatable bonds is 6. The Morgan fingerprint density at radius 1 is 1.04 bits per heavy atom. The average Bonchev–Trinajstić information content (AvgIpc) is 2.57. The van der Waals surface area contributed by atoms with E-state index >= 15 is 0 Å². The average molecular weight is 394 g/mol. The molecule has 27 heavy (non-hydrogen) atoms. The fourth-order valence-electron chi connectivity index (χ4n) is 1.91. The molecule has 11 heteroatoms. The molecule has 5 nitrogen and oxygen atoms in total. The van der Waals surface area contributed by atoms with Crippen molar-refractivity contribution in [3.63, 3.8) is 0 Å². The molecule has 0 saturated heterocycles. The van der Waals surface area contributed by atoms with Gasteiger partial charge in [-0.05, 0) is 12.1 Å². The molecule has 0 spiro atoms. The van der Waals surface area contributed by atoms with Crippen molar-refractivity contribution in [2.75, 3.05) is 6.61 Å². The van der Waals surface area contributed by atoms with Crippen LogP contribution < -0.4 is 14.8 Å². The Balaban J connectivity index is 1.96. The monoisotopic (exact) mass is 394 g/mol. The lowest BCUT2D eigenvalue weighted by atomic mass is 10.2. The Labute approximate surface area is 148 Å². The van der Waals surface area contributed by atoms with Crippen LogP contribution in [-0.2, 0) is 6.54 Å². The van der Waals surface area contributed by atoms with E-state index in [1.165, 1.54) is 24.3 Å². The van der Waals surface area contributed by atoms with Crippen LogP contribution in [0.2, 0.25) is 0 Å². The summed E-state index contributed by atoms with van der Waals surface area (Å²) in [5.41, 5.74) is 0.0739. The van der Waals surface area contributed by atoms with E-state index in [2.05, 4.69) is 19.8 Å². The van der Waals surface area contributed by atoms with Crippen LogP contribution in [0, 0.1) is 0 Å². The van der Waals surface area contributed by atoms with Gasteiger partial charge in [-0.3, -0.25) is 4.79 Å². The maximum absolute atomic E-state index is 12.4. The lowest BCUT2D eigenvalue weighted by Crippen LogP contribution is -2.24. The van der Waals surface area contributed by atoms with Crippen molar-refractivity contribution in [2.45, 2.75) is 19.1 Å². The molecule has 0 unspecified atom stereocenters. The molecule has 1 N–H and O–H groups in total. The minimum absolute atomic E-state index is 0.0106. The van der Waals surface area contributed by atoms with E-state index in [-0.39, 0.29) is 23.6 Å². The molecule has 1 aromatic heterocycles. The molecule has 1 aromatic carbocycles. The summed E-state index contributed by atoms with van der Waals surface area (Å²) < 4.78 is 81.5. The van der Waals surface area contributed by atoms with Gasteiger partial charge < -0.3 is 14.8 Å². The second-order valence-electron chi connectivity index (χ2n) is 5.13. The highest BCUT2D eigenvalue weighted by Gasteiger charge is 2.32. The third kappa shape index (κ3) is 7.04. The summed E-state index contributed by atoms with van der Waals surface area (Å²) in [6.07, 6.45) is -8.42. The van der Waals surface area contributed by atoms with Crippen LogP contribution in [0.15, 0.2) is 42.6 Å². The number of hydrogen-bond donors (Lipinski definition) is 1. The standard InChI is InChI=1S/C16H12F6N2O3/c17-15(18,19)9-26-13-6-5-11(8-23-13)14(25)24-7-10-3-1-2-4-12(10)27-16(20,21)22/h1-6,8H,7,9H2,(H,24,25). The first-order valence-corrected chi connectivity index (χ1v) is 7.31. The number of halogens is 6. The molecule has 0 saturated carbocycles. The van der Waals surface area contributed by atoms with E-state index in [1.807, 2.05) is 0 Å². The SMILES string of the molecule is O=C(NCc1ccccc1OC(F)(F)F)c1ccc(OCC(F)(F)F)nc1. The summed E-state index contributed by atoms with van der Waals surface area (Å²) >= 11 is 0. The summed E-state index contributed by atoms with van der Waals surface area (Å²) in [6, 6.07) is 7.50. The molecule has 1 heterocycles. The largest absolute Gasteiger partial charge is 0.573 e. The van der Waals surface area contributed by atoms with Gasteiger partial charge in [0.25, 0.3) is 5.91 Å². The minimum atomic E-state index is -4.88. The molecular formula is C16H12F6N2O3. The maximum Gasteiger partial charge on any atom is 0.573 e. The number of aromatic nitrogens is 1. The second kappa shape index (κ2) is 8.14. The molecule has 0 fully saturated rings. The summed E-state index contributed by atoms with van der Waals surface area (Å²) in [7, 11) is 0. The third-order valence-electron chi connectivity index (χ3n) is 3.02. The molecule has 0 bridgehead atoms. The van der Waals surface area contributed by atoms with Gasteiger partial charge in [0.05, 0.1) is 5.56 Å². The van der Waals surface area contributed by atoms with Gasteiger partial charge in [0, 0.05) is 24.4 Å². The Bertz CT molecular complexity index is 775. The van der Waals surface area contributed by atoms with Gasteiger partial charge in [-0.1, -0.05) is 18.2 Å². The topological polar surface area (TPSA) is 60.5 Å². The van der Waals surface area contributed by atoms with Crippen LogP contribution in [0.5, 0.6) is 11.6 Å². The van der Waals surface area contributed by atoms with Gasteiger partial charge in [-0.15, -0.1) is 13.2 Å². The van der Waals surface area contributed by atoms with Gasteiger partial charge in [-0.2, -0.15) is 13.2 Å². The van der Waals surface area contributed by atoms with Gasteiger partial charge >= 0.3 is 12.5 Å². The van der Waals surface area contributed by atoms with Crippen LogP contribution in [0.3, 0.4) is 0 Å². The van der Waals surface area contributed by atoms with Crippen molar-refractivity contribution in [2.24, 2.45) is 0 Å². The zero-order valence-corrected chi connectivity index (χ0v) is 13.4. The first-order valence-electron chi connectivity index (χ1n) is 7.31. The Morgan fingerprint density at radius 2 is 1.74 bits per heavy atom. The van der Waals surface area contributed by atoms with Gasteiger partial charge in [0.2, 0.25) is 5.88 Å². The van der Waals surface area contributed by atoms with Crippen LogP contribution in [0.1, 0.15) is 15.9 Å². The molecule has 2 rings (SSSR count). The zero-order valence-electron chi connectivity index (χ0n) is 13.4. The van der Waals surface area contributed by atoms with Crippen molar-refractivity contribution in [3.8, 4) is 11.6 Å². The Hall–Kier alpha value is -2.98. The Morgan fingerprint density at radius 3 is 2.33 bits per heavy atom. The predicted octanol–water partition coefficient (Wildman–Crippen LogP) is 3.85. The molecule has 0 aliphatic heterocycles. The number of amides is 1. The minimum Gasteiger partial charge on any atom is -0.468 e. The molecule has 0 radical (unpaired) electrons. The first kappa shape index (κ1) is 20.3. The fourth-order valence-corrected chi connectivity index (χ4v) is 1.91. The maximum atomic E-state index is 12.4. The summed E-state index contributed by atoms with van der Waals surface area (Å²) in [4.78, 5) is 15.6. The van der Waals surface area contributed by atoms with E-state index in [4.69, 9.17) is 0 Å². The van der Waals surface area contributed by atoms with Crippen LogP contribution >= 0.6 is 0 Å². The van der Waals surface area contributed by atoms with E-state index < -0.39 is 30.8 Å². The number of hydrogen-bond acceptors (Lipinski definition) is 4. The molecule has 0 aliphatic rings. The number of ether oxygens (including phenoxy) is 2. The van der Waals surface area contributed by atoms with Crippen molar-refractivity contribution in [3.05, 3.63) is 53.7 Å². The van der Waals surface area contributed by atoms with Crippen LogP contribution in [-0.4, -0.2) is 30.0 Å². The fraction of sp³-hybridized carbons (Fsp3) is 0.250. The highest BCUT2D eigenvalue weighted by atomic mass is 19.4. The number of alkyl halides is 6. The quantitative estimate of drug-likeness (QED) is 0.757. The smallest absolute Gasteiger partial charge is 0.468 e. The normalized spacial score (nSPS) is 11.8. The number of nitrogens with zero attached hydrogens (tertiary/aromatic N) is 1. The molecule has 1 amide bonds. The van der Waals surface area contributed by atoms with E-state index in [1.54, 1.807) is 0 Å². The lowest BCUT2D eigenvalue weighted by Gasteiger charge is -2.13. The molecular weight excluding hydrogens is 382 g/mol. The third-order valence-corrected chi connectivity index (χ3v) is 3.02. The highest BCUT2D eigenvalue weighted by molar-refractivity contribution is 5.93. The number of carbonyl (C=O) groups is 1. The van der Waals surface area contributed by atoms with E-state index in [0.29, 0.717) is 0 Å². The Kier molecular flexibility index (Phi) is 6.13. The van der Waals surface area contributed by atoms with Gasteiger partial charge in [0.1, 0.15) is 5.75 Å². The highest BCUT2D eigenvalue weighted by Crippen LogP contribution is 2.26. The number of carbonyl (C=O) groups excluding carboxylic acids is 1. The number of benzene rings is 1. The number of pyridine rings is 1. The van der Waals surface area contributed by atoms with Crippen LogP contribution in [0.4, 0.5) is 26.3 Å². The van der Waals surface area contributed by atoms with Gasteiger partial charge in [0.15, 0.2) is 6.61 Å². The summed E-state index contributed by atoms with van der Waals surface area (Å²) in [5.74, 6) is -1.47. The van der Waals surface area contributed by atoms with Crippen molar-refractivity contribution < 1.29 is 40.6 Å². The van der Waals surface area contributed by atoms with Gasteiger partial charge in [-0.25, -0.2) is 4.98 Å². The second-order valence-corrected chi connectivity index (χ2v) is 5.13.